The highest BCUT2D eigenvalue weighted by Crippen LogP contribution is 2.23. The van der Waals surface area contributed by atoms with Gasteiger partial charge in [0.05, 0.1) is 12.8 Å². The number of aromatic nitrogens is 2. The topological polar surface area (TPSA) is 73.3 Å². The van der Waals surface area contributed by atoms with Gasteiger partial charge < -0.3 is 9.47 Å². The monoisotopic (exact) mass is 275 g/mol. The highest BCUT2D eigenvalue weighted by atomic mass is 16.6. The number of methoxy groups -OCH3 is 1. The molecule has 1 N–H and O–H groups in total. The molecule has 0 aromatic carbocycles. The van der Waals surface area contributed by atoms with E-state index in [0.717, 1.165) is 5.39 Å². The maximum atomic E-state index is 11.8. The summed E-state index contributed by atoms with van der Waals surface area (Å²) >= 11 is 0. The predicted octanol–water partition coefficient (Wildman–Crippen LogP) is 2.99. The normalized spacial score (nSPS) is 11.2. The van der Waals surface area contributed by atoms with Crippen LogP contribution in [0.15, 0.2) is 24.4 Å². The Labute approximate surface area is 117 Å². The van der Waals surface area contributed by atoms with E-state index in [1.54, 1.807) is 24.4 Å². The van der Waals surface area contributed by atoms with Gasteiger partial charge in [0.15, 0.2) is 5.65 Å². The first-order valence-electron chi connectivity index (χ1n) is 6.19. The molecule has 2 rings (SSSR count). The lowest BCUT2D eigenvalue weighted by Gasteiger charge is -2.20. The quantitative estimate of drug-likeness (QED) is 0.912. The molecule has 0 spiro atoms. The smallest absolute Gasteiger partial charge is 0.412 e. The Balaban J connectivity index is 2.28. The van der Waals surface area contributed by atoms with Gasteiger partial charge in [0, 0.05) is 17.6 Å². The first-order chi connectivity index (χ1) is 9.39. The van der Waals surface area contributed by atoms with Crippen LogP contribution >= 0.6 is 0 Å². The van der Waals surface area contributed by atoms with Crippen molar-refractivity contribution in [3.63, 3.8) is 0 Å². The number of carbonyl (C=O) groups excluding carboxylic acids is 1. The fraction of sp³-hybridized carbons (Fsp3) is 0.357. The van der Waals surface area contributed by atoms with E-state index < -0.39 is 11.7 Å². The van der Waals surface area contributed by atoms with Crippen molar-refractivity contribution in [1.29, 1.82) is 0 Å². The van der Waals surface area contributed by atoms with Crippen LogP contribution in [0.2, 0.25) is 0 Å². The third kappa shape index (κ3) is 3.34. The maximum Gasteiger partial charge on any atom is 0.412 e. The van der Waals surface area contributed by atoms with Crippen molar-refractivity contribution in [3.8, 4) is 5.88 Å². The molecule has 0 saturated heterocycles. The fourth-order valence-corrected chi connectivity index (χ4v) is 1.65. The zero-order chi connectivity index (χ0) is 14.8. The third-order valence-electron chi connectivity index (χ3n) is 2.42. The lowest BCUT2D eigenvalue weighted by molar-refractivity contribution is 0.0636. The fourth-order valence-electron chi connectivity index (χ4n) is 1.65. The molecule has 0 atom stereocenters. The summed E-state index contributed by atoms with van der Waals surface area (Å²) in [6, 6.07) is 5.20. The molecule has 6 heteroatoms. The van der Waals surface area contributed by atoms with Gasteiger partial charge >= 0.3 is 6.09 Å². The highest BCUT2D eigenvalue weighted by molar-refractivity contribution is 5.97. The largest absolute Gasteiger partial charge is 0.481 e. The van der Waals surface area contributed by atoms with E-state index in [-0.39, 0.29) is 0 Å². The summed E-state index contributed by atoms with van der Waals surface area (Å²) in [5.74, 6) is 0.472. The van der Waals surface area contributed by atoms with Gasteiger partial charge in [-0.1, -0.05) is 0 Å². The van der Waals surface area contributed by atoms with E-state index in [9.17, 15) is 4.79 Å². The Bertz CT molecular complexity index is 635. The van der Waals surface area contributed by atoms with E-state index >= 15 is 0 Å². The molecule has 106 valence electrons. The number of pyridine rings is 2. The minimum absolute atomic E-state index is 0.472. The summed E-state index contributed by atoms with van der Waals surface area (Å²) in [5, 5.41) is 3.42. The van der Waals surface area contributed by atoms with Crippen LogP contribution < -0.4 is 10.1 Å². The van der Waals surface area contributed by atoms with Crippen molar-refractivity contribution < 1.29 is 14.3 Å². The lowest BCUT2D eigenvalue weighted by Crippen LogP contribution is -2.27. The van der Waals surface area contributed by atoms with Crippen LogP contribution in [0.5, 0.6) is 5.88 Å². The molecule has 2 aromatic rings. The summed E-state index contributed by atoms with van der Waals surface area (Å²) in [4.78, 5) is 20.2. The first kappa shape index (κ1) is 14.0. The minimum atomic E-state index is -0.547. The number of fused-ring (bicyclic) bond motifs is 1. The van der Waals surface area contributed by atoms with E-state index in [0.29, 0.717) is 17.2 Å². The second-order valence-electron chi connectivity index (χ2n) is 5.21. The summed E-state index contributed by atoms with van der Waals surface area (Å²) in [7, 11) is 1.54. The van der Waals surface area contributed by atoms with Crippen LogP contribution in [-0.2, 0) is 4.74 Å². The summed E-state index contributed by atoms with van der Waals surface area (Å²) in [6.45, 7) is 5.43. The first-order valence-corrected chi connectivity index (χ1v) is 6.19. The average Bonchev–Trinajstić information content (AvgIpc) is 2.36. The Morgan fingerprint density at radius 1 is 1.25 bits per heavy atom. The van der Waals surface area contributed by atoms with E-state index in [4.69, 9.17) is 9.47 Å². The van der Waals surface area contributed by atoms with Gasteiger partial charge in [0.2, 0.25) is 5.88 Å². The molecule has 0 aliphatic rings. The van der Waals surface area contributed by atoms with Crippen LogP contribution in [-0.4, -0.2) is 28.8 Å². The molecule has 20 heavy (non-hydrogen) atoms. The number of nitrogens with zero attached hydrogens (tertiary/aromatic N) is 2. The Kier molecular flexibility index (Phi) is 3.74. The number of anilines is 1. The van der Waals surface area contributed by atoms with Gasteiger partial charge in [-0.15, -0.1) is 0 Å². The number of hydrogen-bond acceptors (Lipinski definition) is 5. The van der Waals surface area contributed by atoms with Crippen molar-refractivity contribution in [1.82, 2.24) is 9.97 Å². The number of ether oxygens (including phenoxy) is 2. The number of hydrogen-bond donors (Lipinski definition) is 1. The van der Waals surface area contributed by atoms with Crippen molar-refractivity contribution in [3.05, 3.63) is 24.4 Å². The summed E-state index contributed by atoms with van der Waals surface area (Å²) in [6.07, 6.45) is 1.06. The molecule has 0 radical (unpaired) electrons. The summed E-state index contributed by atoms with van der Waals surface area (Å²) in [5.41, 5.74) is 0.547. The molecule has 0 bridgehead atoms. The molecule has 1 amide bonds. The highest BCUT2D eigenvalue weighted by Gasteiger charge is 2.17. The third-order valence-corrected chi connectivity index (χ3v) is 2.42. The molecule has 2 heterocycles. The van der Waals surface area contributed by atoms with Crippen LogP contribution in [0.1, 0.15) is 20.8 Å². The van der Waals surface area contributed by atoms with Gasteiger partial charge in [-0.25, -0.2) is 9.78 Å². The second-order valence-corrected chi connectivity index (χ2v) is 5.21. The molecular weight excluding hydrogens is 258 g/mol. The summed E-state index contributed by atoms with van der Waals surface area (Å²) < 4.78 is 10.3. The van der Waals surface area contributed by atoms with Crippen LogP contribution in [0, 0.1) is 0 Å². The number of amides is 1. The van der Waals surface area contributed by atoms with Gasteiger partial charge in [0.1, 0.15) is 5.60 Å². The lowest BCUT2D eigenvalue weighted by atomic mass is 10.2. The molecule has 0 unspecified atom stereocenters. The molecule has 0 fully saturated rings. The Morgan fingerprint density at radius 3 is 2.65 bits per heavy atom. The SMILES string of the molecule is COc1ccc2c(NC(=O)OC(C)(C)C)ccnc2n1. The zero-order valence-corrected chi connectivity index (χ0v) is 11.9. The average molecular weight is 275 g/mol. The maximum absolute atomic E-state index is 11.8. The van der Waals surface area contributed by atoms with Crippen molar-refractivity contribution in [2.75, 3.05) is 12.4 Å². The number of nitrogens with one attached hydrogen (secondary N) is 1. The Hall–Kier alpha value is -2.37. The second kappa shape index (κ2) is 5.32. The number of carbonyl (C=O) groups is 1. The van der Waals surface area contributed by atoms with Gasteiger partial charge in [0.25, 0.3) is 0 Å². The predicted molar refractivity (Wildman–Crippen MR) is 75.9 cm³/mol. The molecule has 2 aromatic heterocycles. The van der Waals surface area contributed by atoms with E-state index in [1.165, 1.54) is 7.11 Å². The van der Waals surface area contributed by atoms with Crippen LogP contribution in [0.4, 0.5) is 10.5 Å². The van der Waals surface area contributed by atoms with Crippen molar-refractivity contribution in [2.24, 2.45) is 0 Å². The molecule has 0 aliphatic carbocycles. The molecule has 6 nitrogen and oxygen atoms in total. The van der Waals surface area contributed by atoms with Crippen molar-refractivity contribution in [2.45, 2.75) is 26.4 Å². The van der Waals surface area contributed by atoms with E-state index in [2.05, 4.69) is 15.3 Å². The molecule has 0 saturated carbocycles. The Morgan fingerprint density at radius 2 is 2.00 bits per heavy atom. The van der Waals surface area contributed by atoms with Gasteiger partial charge in [-0.3, -0.25) is 5.32 Å². The van der Waals surface area contributed by atoms with Crippen molar-refractivity contribution >= 4 is 22.8 Å². The van der Waals surface area contributed by atoms with Crippen LogP contribution in [0.3, 0.4) is 0 Å². The van der Waals surface area contributed by atoms with E-state index in [1.807, 2.05) is 20.8 Å². The van der Waals surface area contributed by atoms with Crippen LogP contribution in [0.25, 0.3) is 11.0 Å². The molecule has 0 aliphatic heterocycles. The van der Waals surface area contributed by atoms with Gasteiger partial charge in [-0.2, -0.15) is 4.98 Å². The van der Waals surface area contributed by atoms with Gasteiger partial charge in [-0.05, 0) is 32.9 Å². The zero-order valence-electron chi connectivity index (χ0n) is 11.9. The molecular formula is C14H17N3O3. The minimum Gasteiger partial charge on any atom is -0.481 e. The number of rotatable bonds is 2. The standard InChI is InChI=1S/C14H17N3O3/c1-14(2,3)20-13(18)16-10-7-8-15-12-9(10)5-6-11(17-12)19-4/h5-8H,1-4H3,(H,15,16,17,18).